The molecule has 1 heterocycles. The summed E-state index contributed by atoms with van der Waals surface area (Å²) in [6, 6.07) is 18.3. The van der Waals surface area contributed by atoms with Crippen molar-refractivity contribution >= 4 is 40.2 Å². The summed E-state index contributed by atoms with van der Waals surface area (Å²) in [6.45, 7) is 4.75. The summed E-state index contributed by atoms with van der Waals surface area (Å²) < 4.78 is 5.78. The van der Waals surface area contributed by atoms with Crippen LogP contribution in [0.15, 0.2) is 60.7 Å². The molecule has 0 aliphatic carbocycles. The van der Waals surface area contributed by atoms with E-state index in [1.54, 1.807) is 24.3 Å². The van der Waals surface area contributed by atoms with Crippen LogP contribution in [0.3, 0.4) is 0 Å². The molecule has 2 atom stereocenters. The van der Waals surface area contributed by atoms with Crippen LogP contribution in [0.1, 0.15) is 75.8 Å². The van der Waals surface area contributed by atoms with Crippen molar-refractivity contribution in [3.05, 3.63) is 81.8 Å². The fraction of sp³-hybridized carbons (Fsp3) is 0.406. The number of aromatic nitrogens is 3. The summed E-state index contributed by atoms with van der Waals surface area (Å²) in [7, 11) is 0. The number of phenols is 1. The number of phenolic OH excluding ortho intramolecular Hbond substituents is 1. The monoisotopic (exact) mass is 581 g/mol. The van der Waals surface area contributed by atoms with Gasteiger partial charge in [-0.1, -0.05) is 87.4 Å². The average molecular weight is 583 g/mol. The maximum absolute atomic E-state index is 13.3. The number of carbonyl (C=O) groups is 1. The summed E-state index contributed by atoms with van der Waals surface area (Å²) in [6.07, 6.45) is 7.88. The third-order valence-corrected chi connectivity index (χ3v) is 7.72. The molecule has 1 aromatic heterocycles. The highest BCUT2D eigenvalue weighted by Crippen LogP contribution is 2.30. The Hall–Kier alpha value is -3.09. The Labute approximate surface area is 246 Å². The number of rotatable bonds is 14. The van der Waals surface area contributed by atoms with Gasteiger partial charge < -0.3 is 9.84 Å². The van der Waals surface area contributed by atoms with Crippen molar-refractivity contribution in [2.45, 2.75) is 71.1 Å². The van der Waals surface area contributed by atoms with Crippen LogP contribution in [0.5, 0.6) is 5.75 Å². The van der Waals surface area contributed by atoms with Crippen molar-refractivity contribution in [2.24, 2.45) is 5.92 Å². The standard InChI is InChI=1S/C32H37Cl2N3O3/c1-3-4-5-6-7-8-17-40-32(39)25(18-22(2)24-10-12-26(33)13-11-24)19-23-9-16-31(38)30(20-23)37-35-28-15-14-27(34)21-29(28)36-37/h9-16,20-22,25,38H,3-8,17-19H2,1-2H3. The molecule has 0 radical (unpaired) electrons. The van der Waals surface area contributed by atoms with E-state index in [2.05, 4.69) is 24.0 Å². The lowest BCUT2D eigenvalue weighted by atomic mass is 9.86. The normalized spacial score (nSPS) is 12.9. The molecular formula is C32H37Cl2N3O3. The molecule has 0 bridgehead atoms. The topological polar surface area (TPSA) is 77.2 Å². The third-order valence-electron chi connectivity index (χ3n) is 7.23. The number of hydrogen-bond acceptors (Lipinski definition) is 5. The molecule has 4 aromatic rings. The number of carbonyl (C=O) groups excluding carboxylic acids is 1. The molecule has 0 spiro atoms. The first-order valence-electron chi connectivity index (χ1n) is 14.1. The maximum Gasteiger partial charge on any atom is 0.309 e. The molecule has 6 nitrogen and oxygen atoms in total. The Morgan fingerprint density at radius 1 is 0.900 bits per heavy atom. The molecule has 0 saturated heterocycles. The lowest BCUT2D eigenvalue weighted by molar-refractivity contribution is -0.149. The molecule has 0 saturated carbocycles. The fourth-order valence-electron chi connectivity index (χ4n) is 4.93. The van der Waals surface area contributed by atoms with E-state index in [4.69, 9.17) is 27.9 Å². The van der Waals surface area contributed by atoms with Crippen LogP contribution in [0, 0.1) is 5.92 Å². The summed E-state index contributed by atoms with van der Waals surface area (Å²) >= 11 is 12.2. The maximum atomic E-state index is 13.3. The van der Waals surface area contributed by atoms with Crippen molar-refractivity contribution < 1.29 is 14.6 Å². The van der Waals surface area contributed by atoms with E-state index < -0.39 is 0 Å². The first-order valence-corrected chi connectivity index (χ1v) is 14.9. The van der Waals surface area contributed by atoms with E-state index in [1.807, 2.05) is 36.4 Å². The summed E-state index contributed by atoms with van der Waals surface area (Å²) in [4.78, 5) is 14.7. The van der Waals surface area contributed by atoms with Gasteiger partial charge in [0.1, 0.15) is 22.5 Å². The first kappa shape index (κ1) is 29.9. The summed E-state index contributed by atoms with van der Waals surface area (Å²) in [5, 5.41) is 20.9. The van der Waals surface area contributed by atoms with Gasteiger partial charge in [0.25, 0.3) is 0 Å². The van der Waals surface area contributed by atoms with Gasteiger partial charge >= 0.3 is 5.97 Å². The number of unbranched alkanes of at least 4 members (excludes halogenated alkanes) is 5. The average Bonchev–Trinajstić information content (AvgIpc) is 3.36. The van der Waals surface area contributed by atoms with E-state index in [-0.39, 0.29) is 23.6 Å². The Kier molecular flexibility index (Phi) is 10.8. The number of hydrogen-bond donors (Lipinski definition) is 1. The number of halogens is 2. The number of nitrogens with zero attached hydrogens (tertiary/aromatic N) is 3. The van der Waals surface area contributed by atoms with Gasteiger partial charge in [-0.15, -0.1) is 15.0 Å². The Morgan fingerprint density at radius 3 is 2.38 bits per heavy atom. The largest absolute Gasteiger partial charge is 0.506 e. The second kappa shape index (κ2) is 14.5. The lowest BCUT2D eigenvalue weighted by Crippen LogP contribution is -2.22. The van der Waals surface area contributed by atoms with Gasteiger partial charge in [-0.2, -0.15) is 0 Å². The van der Waals surface area contributed by atoms with Crippen LogP contribution < -0.4 is 0 Å². The fourth-order valence-corrected chi connectivity index (χ4v) is 5.22. The minimum absolute atomic E-state index is 0.0480. The zero-order chi connectivity index (χ0) is 28.5. The molecule has 1 N–H and O–H groups in total. The zero-order valence-electron chi connectivity index (χ0n) is 23.2. The molecule has 40 heavy (non-hydrogen) atoms. The van der Waals surface area contributed by atoms with E-state index in [0.29, 0.717) is 46.2 Å². The predicted molar refractivity (Wildman–Crippen MR) is 162 cm³/mol. The Bertz CT molecular complexity index is 1400. The quantitative estimate of drug-likeness (QED) is 0.119. The third kappa shape index (κ3) is 8.21. The van der Waals surface area contributed by atoms with Gasteiger partial charge in [-0.3, -0.25) is 4.79 Å². The Morgan fingerprint density at radius 2 is 1.60 bits per heavy atom. The number of esters is 1. The Balaban J connectivity index is 1.50. The minimum Gasteiger partial charge on any atom is -0.506 e. The van der Waals surface area contributed by atoms with Crippen molar-refractivity contribution in [2.75, 3.05) is 6.61 Å². The van der Waals surface area contributed by atoms with Gasteiger partial charge in [0, 0.05) is 10.0 Å². The van der Waals surface area contributed by atoms with Crippen LogP contribution in [0.2, 0.25) is 10.0 Å². The second-order valence-electron chi connectivity index (χ2n) is 10.5. The highest BCUT2D eigenvalue weighted by atomic mass is 35.5. The van der Waals surface area contributed by atoms with E-state index in [1.165, 1.54) is 30.5 Å². The molecule has 0 amide bonds. The predicted octanol–water partition coefficient (Wildman–Crippen LogP) is 8.69. The number of benzene rings is 3. The molecule has 8 heteroatoms. The van der Waals surface area contributed by atoms with E-state index in [0.717, 1.165) is 24.0 Å². The first-order chi connectivity index (χ1) is 19.3. The van der Waals surface area contributed by atoms with Gasteiger partial charge in [-0.05, 0) is 78.8 Å². The van der Waals surface area contributed by atoms with Gasteiger partial charge in [0.2, 0.25) is 0 Å². The lowest BCUT2D eigenvalue weighted by Gasteiger charge is -2.21. The minimum atomic E-state index is -0.355. The van der Waals surface area contributed by atoms with Gasteiger partial charge in [0.15, 0.2) is 0 Å². The second-order valence-corrected chi connectivity index (χ2v) is 11.3. The van der Waals surface area contributed by atoms with Crippen molar-refractivity contribution in [1.82, 2.24) is 15.0 Å². The van der Waals surface area contributed by atoms with Crippen LogP contribution >= 0.6 is 23.2 Å². The summed E-state index contributed by atoms with van der Waals surface area (Å²) in [5.74, 6) is -0.372. The van der Waals surface area contributed by atoms with Crippen molar-refractivity contribution in [1.29, 1.82) is 0 Å². The van der Waals surface area contributed by atoms with E-state index >= 15 is 0 Å². The van der Waals surface area contributed by atoms with Gasteiger partial charge in [-0.25, -0.2) is 0 Å². The summed E-state index contributed by atoms with van der Waals surface area (Å²) in [5.41, 5.74) is 3.75. The highest BCUT2D eigenvalue weighted by Gasteiger charge is 2.25. The SMILES string of the molecule is CCCCCCCCOC(=O)C(Cc1ccc(O)c(-n2nc3ccc(Cl)cc3n2)c1)CC(C)c1ccc(Cl)cc1. The molecule has 212 valence electrons. The van der Waals surface area contributed by atoms with Crippen molar-refractivity contribution in [3.63, 3.8) is 0 Å². The number of aromatic hydroxyl groups is 1. The van der Waals surface area contributed by atoms with Crippen LogP contribution in [-0.4, -0.2) is 32.7 Å². The van der Waals surface area contributed by atoms with Crippen LogP contribution in [-0.2, 0) is 16.0 Å². The molecule has 3 aromatic carbocycles. The van der Waals surface area contributed by atoms with Crippen molar-refractivity contribution in [3.8, 4) is 11.4 Å². The smallest absolute Gasteiger partial charge is 0.309 e. The number of ether oxygens (including phenoxy) is 1. The zero-order valence-corrected chi connectivity index (χ0v) is 24.7. The van der Waals surface area contributed by atoms with Gasteiger partial charge in [0.05, 0.1) is 12.5 Å². The highest BCUT2D eigenvalue weighted by molar-refractivity contribution is 6.31. The van der Waals surface area contributed by atoms with Crippen LogP contribution in [0.4, 0.5) is 0 Å². The number of fused-ring (bicyclic) bond motifs is 1. The molecule has 0 fully saturated rings. The molecule has 0 aliphatic heterocycles. The molecule has 0 aliphatic rings. The molecule has 4 rings (SSSR count). The molecule has 2 unspecified atom stereocenters. The van der Waals surface area contributed by atoms with Crippen LogP contribution in [0.25, 0.3) is 16.7 Å². The van der Waals surface area contributed by atoms with E-state index in [9.17, 15) is 9.90 Å². The molecular weight excluding hydrogens is 545 g/mol.